The van der Waals surface area contributed by atoms with Gasteiger partial charge in [0.05, 0.1) is 0 Å². The maximum atomic E-state index is 11.5. The zero-order valence-electron chi connectivity index (χ0n) is 10.1. The lowest BCUT2D eigenvalue weighted by Crippen LogP contribution is -2.34. The average Bonchev–Trinajstić information content (AvgIpc) is 2.70. The van der Waals surface area contributed by atoms with Crippen LogP contribution in [0.4, 0.5) is 0 Å². The van der Waals surface area contributed by atoms with Gasteiger partial charge in [0.15, 0.2) is 0 Å². The third kappa shape index (κ3) is 5.17. The molecule has 15 heavy (non-hydrogen) atoms. The third-order valence-electron chi connectivity index (χ3n) is 3.18. The molecule has 0 aromatic carbocycles. The fourth-order valence-corrected chi connectivity index (χ4v) is 1.89. The molecule has 1 N–H and O–H groups in total. The van der Waals surface area contributed by atoms with Gasteiger partial charge in [-0.05, 0) is 31.8 Å². The predicted molar refractivity (Wildman–Crippen MR) is 62.8 cm³/mol. The summed E-state index contributed by atoms with van der Waals surface area (Å²) in [6.45, 7) is 8.51. The van der Waals surface area contributed by atoms with E-state index in [0.717, 1.165) is 19.5 Å². The van der Waals surface area contributed by atoms with Gasteiger partial charge in [-0.25, -0.2) is 0 Å². The molecule has 0 bridgehead atoms. The Labute approximate surface area is 93.2 Å². The molecule has 3 nitrogen and oxygen atoms in total. The van der Waals surface area contributed by atoms with Gasteiger partial charge < -0.3 is 10.2 Å². The van der Waals surface area contributed by atoms with Crippen LogP contribution in [0.5, 0.6) is 0 Å². The van der Waals surface area contributed by atoms with E-state index in [1.807, 2.05) is 0 Å². The van der Waals surface area contributed by atoms with Crippen molar-refractivity contribution in [2.75, 3.05) is 26.2 Å². The van der Waals surface area contributed by atoms with Gasteiger partial charge in [0, 0.05) is 19.5 Å². The van der Waals surface area contributed by atoms with E-state index < -0.39 is 0 Å². The van der Waals surface area contributed by atoms with E-state index in [4.69, 9.17) is 0 Å². The number of amides is 1. The van der Waals surface area contributed by atoms with Crippen molar-refractivity contribution in [2.24, 2.45) is 5.92 Å². The Morgan fingerprint density at radius 3 is 2.67 bits per heavy atom. The molecule has 88 valence electrons. The van der Waals surface area contributed by atoms with E-state index in [1.165, 1.54) is 25.9 Å². The molecule has 1 atom stereocenters. The van der Waals surface area contributed by atoms with Gasteiger partial charge in [-0.2, -0.15) is 0 Å². The molecule has 1 aliphatic rings. The van der Waals surface area contributed by atoms with Crippen LogP contribution in [0.15, 0.2) is 0 Å². The summed E-state index contributed by atoms with van der Waals surface area (Å²) >= 11 is 0. The normalized spacial score (nSPS) is 19.1. The van der Waals surface area contributed by atoms with Gasteiger partial charge in [-0.15, -0.1) is 0 Å². The second kappa shape index (κ2) is 6.83. The summed E-state index contributed by atoms with van der Waals surface area (Å²) in [5, 5.41) is 2.99. The Bertz CT molecular complexity index is 188. The highest BCUT2D eigenvalue weighted by Gasteiger charge is 2.11. The minimum Gasteiger partial charge on any atom is -0.355 e. The summed E-state index contributed by atoms with van der Waals surface area (Å²) < 4.78 is 0. The summed E-state index contributed by atoms with van der Waals surface area (Å²) in [6, 6.07) is 0. The van der Waals surface area contributed by atoms with Crippen LogP contribution >= 0.6 is 0 Å². The first-order valence-corrected chi connectivity index (χ1v) is 6.21. The monoisotopic (exact) mass is 212 g/mol. The lowest BCUT2D eigenvalue weighted by atomic mass is 10.1. The number of nitrogens with one attached hydrogen (secondary N) is 1. The first-order chi connectivity index (χ1) is 7.22. The number of carbonyl (C=O) groups excluding carboxylic acids is 1. The van der Waals surface area contributed by atoms with Crippen LogP contribution in [0.3, 0.4) is 0 Å². The Hall–Kier alpha value is -0.570. The molecule has 0 aromatic rings. The predicted octanol–water partition coefficient (Wildman–Crippen LogP) is 1.63. The summed E-state index contributed by atoms with van der Waals surface area (Å²) in [5.74, 6) is 0.723. The lowest BCUT2D eigenvalue weighted by molar-refractivity contribution is -0.121. The van der Waals surface area contributed by atoms with Crippen LogP contribution in [0.25, 0.3) is 0 Å². The van der Waals surface area contributed by atoms with E-state index in [0.29, 0.717) is 12.3 Å². The molecule has 1 amide bonds. The Kier molecular flexibility index (Phi) is 5.69. The molecule has 1 unspecified atom stereocenters. The van der Waals surface area contributed by atoms with Crippen LogP contribution in [-0.2, 0) is 4.79 Å². The fraction of sp³-hybridized carbons (Fsp3) is 0.917. The molecule has 1 aliphatic heterocycles. The van der Waals surface area contributed by atoms with Crippen molar-refractivity contribution in [1.29, 1.82) is 0 Å². The zero-order valence-corrected chi connectivity index (χ0v) is 10.1. The van der Waals surface area contributed by atoms with Crippen molar-refractivity contribution < 1.29 is 4.79 Å². The van der Waals surface area contributed by atoms with Crippen molar-refractivity contribution in [3.8, 4) is 0 Å². The molecule has 1 heterocycles. The summed E-state index contributed by atoms with van der Waals surface area (Å²) in [5.41, 5.74) is 0. The molecule has 0 radical (unpaired) electrons. The zero-order chi connectivity index (χ0) is 11.1. The summed E-state index contributed by atoms with van der Waals surface area (Å²) in [6.07, 6.45) is 4.40. The van der Waals surface area contributed by atoms with Crippen molar-refractivity contribution in [1.82, 2.24) is 10.2 Å². The molecular weight excluding hydrogens is 188 g/mol. The molecule has 1 rings (SSSR count). The fourth-order valence-electron chi connectivity index (χ4n) is 1.89. The van der Waals surface area contributed by atoms with Crippen molar-refractivity contribution in [3.63, 3.8) is 0 Å². The molecule has 0 aromatic heterocycles. The molecule has 1 fully saturated rings. The summed E-state index contributed by atoms with van der Waals surface area (Å²) in [4.78, 5) is 13.9. The number of rotatable bonds is 6. The number of hydrogen-bond acceptors (Lipinski definition) is 2. The van der Waals surface area contributed by atoms with E-state index in [-0.39, 0.29) is 5.91 Å². The molecular formula is C12H24N2O. The largest absolute Gasteiger partial charge is 0.355 e. The first kappa shape index (κ1) is 12.5. The van der Waals surface area contributed by atoms with Gasteiger partial charge in [-0.3, -0.25) is 4.79 Å². The molecule has 0 aliphatic carbocycles. The van der Waals surface area contributed by atoms with Crippen molar-refractivity contribution >= 4 is 5.91 Å². The van der Waals surface area contributed by atoms with Gasteiger partial charge in [0.1, 0.15) is 0 Å². The standard InChI is InChI=1S/C12H24N2O/c1-3-11(2)10-12(15)13-6-9-14-7-4-5-8-14/h11H,3-10H2,1-2H3,(H,13,15). The van der Waals surface area contributed by atoms with E-state index in [1.54, 1.807) is 0 Å². The molecule has 0 saturated carbocycles. The van der Waals surface area contributed by atoms with Crippen molar-refractivity contribution in [3.05, 3.63) is 0 Å². The highest BCUT2D eigenvalue weighted by Crippen LogP contribution is 2.06. The van der Waals surface area contributed by atoms with Crippen molar-refractivity contribution in [2.45, 2.75) is 39.5 Å². The van der Waals surface area contributed by atoms with Gasteiger partial charge in [0.25, 0.3) is 0 Å². The van der Waals surface area contributed by atoms with E-state index in [2.05, 4.69) is 24.1 Å². The van der Waals surface area contributed by atoms with E-state index >= 15 is 0 Å². The Balaban J connectivity index is 2.01. The third-order valence-corrected chi connectivity index (χ3v) is 3.18. The number of hydrogen-bond donors (Lipinski definition) is 1. The minimum absolute atomic E-state index is 0.212. The van der Waals surface area contributed by atoms with Crippen LogP contribution in [0.1, 0.15) is 39.5 Å². The smallest absolute Gasteiger partial charge is 0.220 e. The number of nitrogens with zero attached hydrogens (tertiary/aromatic N) is 1. The Morgan fingerprint density at radius 1 is 1.40 bits per heavy atom. The minimum atomic E-state index is 0.212. The molecule has 0 spiro atoms. The second-order valence-electron chi connectivity index (χ2n) is 4.62. The van der Waals surface area contributed by atoms with Gasteiger partial charge in [-0.1, -0.05) is 20.3 Å². The maximum Gasteiger partial charge on any atom is 0.220 e. The van der Waals surface area contributed by atoms with Gasteiger partial charge in [0.2, 0.25) is 5.91 Å². The maximum absolute atomic E-state index is 11.5. The number of carbonyl (C=O) groups is 1. The van der Waals surface area contributed by atoms with Gasteiger partial charge >= 0.3 is 0 Å². The summed E-state index contributed by atoms with van der Waals surface area (Å²) in [7, 11) is 0. The second-order valence-corrected chi connectivity index (χ2v) is 4.62. The van der Waals surface area contributed by atoms with Crippen LogP contribution in [0.2, 0.25) is 0 Å². The van der Waals surface area contributed by atoms with Crippen LogP contribution in [0, 0.1) is 5.92 Å². The van der Waals surface area contributed by atoms with E-state index in [9.17, 15) is 4.79 Å². The first-order valence-electron chi connectivity index (χ1n) is 6.21. The average molecular weight is 212 g/mol. The molecule has 1 saturated heterocycles. The van der Waals surface area contributed by atoms with Crippen LogP contribution < -0.4 is 5.32 Å². The number of likely N-dealkylation sites (tertiary alicyclic amines) is 1. The quantitative estimate of drug-likeness (QED) is 0.726. The molecule has 3 heteroatoms. The lowest BCUT2D eigenvalue weighted by Gasteiger charge is -2.15. The highest BCUT2D eigenvalue weighted by atomic mass is 16.1. The Morgan fingerprint density at radius 2 is 2.07 bits per heavy atom. The SMILES string of the molecule is CCC(C)CC(=O)NCCN1CCCC1. The van der Waals surface area contributed by atoms with Crippen LogP contribution in [-0.4, -0.2) is 37.0 Å². The topological polar surface area (TPSA) is 32.3 Å². The highest BCUT2D eigenvalue weighted by molar-refractivity contribution is 5.76.